The molecule has 1 atom stereocenters. The highest BCUT2D eigenvalue weighted by Crippen LogP contribution is 2.36. The molecule has 0 spiro atoms. The minimum absolute atomic E-state index is 0.195. The summed E-state index contributed by atoms with van der Waals surface area (Å²) in [4.78, 5) is 14.8. The maximum absolute atomic E-state index is 12.6. The van der Waals surface area contributed by atoms with E-state index in [0.717, 1.165) is 32.5 Å². The number of hydrogen-bond donors (Lipinski definition) is 1. The molecule has 1 unspecified atom stereocenters. The fourth-order valence-electron chi connectivity index (χ4n) is 3.59. The topological polar surface area (TPSA) is 32.3 Å². The first-order chi connectivity index (χ1) is 10.3. The normalized spacial score (nSPS) is 22.5. The Bertz CT molecular complexity index is 672. The summed E-state index contributed by atoms with van der Waals surface area (Å²) in [7, 11) is 0. The second-order valence-corrected chi connectivity index (χ2v) is 6.11. The molecule has 2 aromatic rings. The summed E-state index contributed by atoms with van der Waals surface area (Å²) in [5.41, 5.74) is 1.31. The summed E-state index contributed by atoms with van der Waals surface area (Å²) in [5.74, 6) is 0.532. The van der Waals surface area contributed by atoms with Crippen LogP contribution in [0.5, 0.6) is 0 Å². The van der Waals surface area contributed by atoms with E-state index in [1.54, 1.807) is 0 Å². The summed E-state index contributed by atoms with van der Waals surface area (Å²) in [6, 6.07) is 15.2. The van der Waals surface area contributed by atoms with E-state index in [0.29, 0.717) is 5.91 Å². The van der Waals surface area contributed by atoms with Gasteiger partial charge in [-0.25, -0.2) is 0 Å². The second-order valence-electron chi connectivity index (χ2n) is 6.11. The average molecular weight is 280 g/mol. The molecule has 2 heterocycles. The number of rotatable bonds is 2. The van der Waals surface area contributed by atoms with Crippen molar-refractivity contribution >= 4 is 16.7 Å². The fraction of sp³-hybridized carbons (Fsp3) is 0.389. The molecule has 2 saturated heterocycles. The molecule has 108 valence electrons. The number of amides is 1. The van der Waals surface area contributed by atoms with Crippen LogP contribution < -0.4 is 5.32 Å². The zero-order valence-corrected chi connectivity index (χ0v) is 12.1. The number of nitrogens with one attached hydrogen (secondary N) is 1. The Labute approximate surface area is 124 Å². The summed E-state index contributed by atoms with van der Waals surface area (Å²) in [5, 5.41) is 5.75. The number of fused-ring (bicyclic) bond motifs is 1. The number of carbonyl (C=O) groups excluding carboxylic acids is 1. The third-order valence-electron chi connectivity index (χ3n) is 4.85. The van der Waals surface area contributed by atoms with Gasteiger partial charge in [0.15, 0.2) is 0 Å². The van der Waals surface area contributed by atoms with E-state index in [4.69, 9.17) is 0 Å². The SMILES string of the molecule is O=C(C1CNC1)N1CCCC1c1cccc2ccccc12. The molecular formula is C18H20N2O. The molecule has 2 aromatic carbocycles. The van der Waals surface area contributed by atoms with E-state index in [-0.39, 0.29) is 12.0 Å². The largest absolute Gasteiger partial charge is 0.335 e. The van der Waals surface area contributed by atoms with Crippen molar-refractivity contribution in [1.82, 2.24) is 10.2 Å². The Morgan fingerprint density at radius 2 is 1.90 bits per heavy atom. The number of benzene rings is 2. The van der Waals surface area contributed by atoms with Crippen LogP contribution in [0, 0.1) is 5.92 Å². The lowest BCUT2D eigenvalue weighted by atomic mass is 9.95. The number of likely N-dealkylation sites (tertiary alicyclic amines) is 1. The monoisotopic (exact) mass is 280 g/mol. The van der Waals surface area contributed by atoms with Crippen molar-refractivity contribution in [3.8, 4) is 0 Å². The first kappa shape index (κ1) is 12.8. The molecule has 0 aliphatic carbocycles. The van der Waals surface area contributed by atoms with E-state index < -0.39 is 0 Å². The van der Waals surface area contributed by atoms with Crippen molar-refractivity contribution in [3.63, 3.8) is 0 Å². The lowest BCUT2D eigenvalue weighted by Crippen LogP contribution is -2.51. The second kappa shape index (κ2) is 5.15. The van der Waals surface area contributed by atoms with E-state index in [9.17, 15) is 4.79 Å². The molecule has 0 radical (unpaired) electrons. The summed E-state index contributed by atoms with van der Waals surface area (Å²) >= 11 is 0. The molecule has 2 aliphatic rings. The molecular weight excluding hydrogens is 260 g/mol. The quantitative estimate of drug-likeness (QED) is 0.917. The smallest absolute Gasteiger partial charge is 0.228 e. The molecule has 1 N–H and O–H groups in total. The number of carbonyl (C=O) groups is 1. The van der Waals surface area contributed by atoms with Crippen molar-refractivity contribution in [3.05, 3.63) is 48.0 Å². The van der Waals surface area contributed by atoms with Crippen LogP contribution in [0.3, 0.4) is 0 Å². The Hall–Kier alpha value is -1.87. The molecule has 3 heteroatoms. The molecule has 2 aliphatic heterocycles. The molecule has 0 saturated carbocycles. The lowest BCUT2D eigenvalue weighted by molar-refractivity contribution is -0.138. The molecule has 2 fully saturated rings. The van der Waals surface area contributed by atoms with Crippen molar-refractivity contribution in [2.75, 3.05) is 19.6 Å². The van der Waals surface area contributed by atoms with Crippen LogP contribution in [0.1, 0.15) is 24.4 Å². The predicted octanol–water partition coefficient (Wildman–Crippen LogP) is 2.72. The maximum Gasteiger partial charge on any atom is 0.228 e. The van der Waals surface area contributed by atoms with Gasteiger partial charge in [0.25, 0.3) is 0 Å². The van der Waals surface area contributed by atoms with Gasteiger partial charge in [0.1, 0.15) is 0 Å². The zero-order valence-electron chi connectivity index (χ0n) is 12.1. The Balaban J connectivity index is 1.71. The van der Waals surface area contributed by atoms with Crippen LogP contribution in [0.4, 0.5) is 0 Å². The van der Waals surface area contributed by atoms with Crippen LogP contribution in [0.15, 0.2) is 42.5 Å². The van der Waals surface area contributed by atoms with Gasteiger partial charge in [-0.15, -0.1) is 0 Å². The van der Waals surface area contributed by atoms with Crippen molar-refractivity contribution in [2.45, 2.75) is 18.9 Å². The number of hydrogen-bond acceptors (Lipinski definition) is 2. The minimum atomic E-state index is 0.195. The van der Waals surface area contributed by atoms with Gasteiger partial charge in [0.05, 0.1) is 12.0 Å². The number of nitrogens with zero attached hydrogens (tertiary/aromatic N) is 1. The first-order valence-electron chi connectivity index (χ1n) is 7.83. The van der Waals surface area contributed by atoms with E-state index in [1.807, 2.05) is 0 Å². The van der Waals surface area contributed by atoms with Gasteiger partial charge < -0.3 is 10.2 Å². The molecule has 4 rings (SSSR count). The van der Waals surface area contributed by atoms with Crippen molar-refractivity contribution in [1.29, 1.82) is 0 Å². The van der Waals surface area contributed by atoms with Crippen LogP contribution in [0.2, 0.25) is 0 Å². The van der Waals surface area contributed by atoms with Gasteiger partial charge in [0, 0.05) is 19.6 Å². The Kier molecular flexibility index (Phi) is 3.15. The molecule has 3 nitrogen and oxygen atoms in total. The molecule has 1 amide bonds. The molecule has 0 bridgehead atoms. The van der Waals surface area contributed by atoms with Gasteiger partial charge in [-0.2, -0.15) is 0 Å². The fourth-order valence-corrected chi connectivity index (χ4v) is 3.59. The highest BCUT2D eigenvalue weighted by molar-refractivity contribution is 5.87. The highest BCUT2D eigenvalue weighted by atomic mass is 16.2. The molecule has 0 aromatic heterocycles. The Morgan fingerprint density at radius 3 is 2.71 bits per heavy atom. The zero-order chi connectivity index (χ0) is 14.2. The van der Waals surface area contributed by atoms with Gasteiger partial charge in [0.2, 0.25) is 5.91 Å². The third-order valence-corrected chi connectivity index (χ3v) is 4.85. The molecule has 21 heavy (non-hydrogen) atoms. The van der Waals surface area contributed by atoms with Gasteiger partial charge in [-0.1, -0.05) is 42.5 Å². The Morgan fingerprint density at radius 1 is 1.10 bits per heavy atom. The summed E-state index contributed by atoms with van der Waals surface area (Å²) < 4.78 is 0. The van der Waals surface area contributed by atoms with Crippen molar-refractivity contribution < 1.29 is 4.79 Å². The highest BCUT2D eigenvalue weighted by Gasteiger charge is 2.36. The standard InChI is InChI=1S/C18H20N2O/c21-18(14-11-19-12-14)20-10-4-9-17(20)16-8-3-6-13-5-1-2-7-15(13)16/h1-3,5-8,14,17,19H,4,9-12H2. The van der Waals surface area contributed by atoms with Crippen molar-refractivity contribution in [2.24, 2.45) is 5.92 Å². The third kappa shape index (κ3) is 2.12. The predicted molar refractivity (Wildman–Crippen MR) is 84.0 cm³/mol. The van der Waals surface area contributed by atoms with E-state index in [1.165, 1.54) is 16.3 Å². The van der Waals surface area contributed by atoms with Gasteiger partial charge >= 0.3 is 0 Å². The van der Waals surface area contributed by atoms with Crippen LogP contribution in [0.25, 0.3) is 10.8 Å². The average Bonchev–Trinajstić information content (AvgIpc) is 2.94. The first-order valence-corrected chi connectivity index (χ1v) is 7.83. The van der Waals surface area contributed by atoms with Gasteiger partial charge in [-0.3, -0.25) is 4.79 Å². The van der Waals surface area contributed by atoms with E-state index >= 15 is 0 Å². The minimum Gasteiger partial charge on any atom is -0.335 e. The van der Waals surface area contributed by atoms with Crippen LogP contribution in [-0.4, -0.2) is 30.4 Å². The maximum atomic E-state index is 12.6. The summed E-state index contributed by atoms with van der Waals surface area (Å²) in [6.07, 6.45) is 2.19. The van der Waals surface area contributed by atoms with E-state index in [2.05, 4.69) is 52.7 Å². The van der Waals surface area contributed by atoms with Gasteiger partial charge in [-0.05, 0) is 29.2 Å². The van der Waals surface area contributed by atoms with Crippen LogP contribution >= 0.6 is 0 Å². The summed E-state index contributed by atoms with van der Waals surface area (Å²) in [6.45, 7) is 2.60. The lowest BCUT2D eigenvalue weighted by Gasteiger charge is -2.34. The van der Waals surface area contributed by atoms with Crippen LogP contribution in [-0.2, 0) is 4.79 Å².